The first-order valence-corrected chi connectivity index (χ1v) is 9.94. The maximum absolute atomic E-state index is 13.2. The first-order chi connectivity index (χ1) is 13.6. The highest BCUT2D eigenvalue weighted by atomic mass is 35.5. The van der Waals surface area contributed by atoms with Gasteiger partial charge in [0, 0.05) is 58.9 Å². The molecule has 1 N–H and O–H groups in total. The summed E-state index contributed by atoms with van der Waals surface area (Å²) in [6.45, 7) is 1.76. The van der Waals surface area contributed by atoms with Gasteiger partial charge in [0.2, 0.25) is 11.8 Å². The van der Waals surface area contributed by atoms with Crippen LogP contribution in [0.2, 0.25) is 5.02 Å². The lowest BCUT2D eigenvalue weighted by atomic mass is 10.0. The first-order valence-electron chi connectivity index (χ1n) is 9.56. The van der Waals surface area contributed by atoms with Crippen molar-refractivity contribution < 1.29 is 9.59 Å². The second kappa shape index (κ2) is 6.67. The molecule has 0 saturated carbocycles. The van der Waals surface area contributed by atoms with Gasteiger partial charge < -0.3 is 14.8 Å². The Balaban J connectivity index is 1.36. The van der Waals surface area contributed by atoms with Crippen LogP contribution in [0.25, 0.3) is 10.9 Å². The van der Waals surface area contributed by atoms with Gasteiger partial charge in [0.1, 0.15) is 5.92 Å². The van der Waals surface area contributed by atoms with Crippen LogP contribution in [0.1, 0.15) is 17.7 Å². The third-order valence-corrected chi connectivity index (χ3v) is 6.09. The largest absolute Gasteiger partial charge is 0.358 e. The molecule has 2 aromatic carbocycles. The van der Waals surface area contributed by atoms with E-state index in [2.05, 4.69) is 17.1 Å². The number of carbonyl (C=O) groups is 2. The van der Waals surface area contributed by atoms with Gasteiger partial charge in [0.05, 0.1) is 0 Å². The number of fused-ring (bicyclic) bond motifs is 3. The number of para-hydroxylation sites is 1. The van der Waals surface area contributed by atoms with Crippen molar-refractivity contribution in [2.24, 2.45) is 5.92 Å². The molecule has 5 nitrogen and oxygen atoms in total. The molecule has 28 heavy (non-hydrogen) atoms. The molecule has 5 rings (SSSR count). The minimum absolute atomic E-state index is 0.0580. The number of aromatic nitrogens is 1. The summed E-state index contributed by atoms with van der Waals surface area (Å²) >= 11 is 5.94. The molecule has 0 bridgehead atoms. The number of aromatic amines is 1. The fraction of sp³-hybridized carbons (Fsp3) is 0.273. The fourth-order valence-corrected chi connectivity index (χ4v) is 4.49. The third kappa shape index (κ3) is 2.78. The zero-order valence-corrected chi connectivity index (χ0v) is 16.1. The Morgan fingerprint density at radius 3 is 2.68 bits per heavy atom. The predicted molar refractivity (Wildman–Crippen MR) is 109 cm³/mol. The molecule has 3 aromatic rings. The number of anilines is 1. The summed E-state index contributed by atoms with van der Waals surface area (Å²) in [5.41, 5.74) is 4.27. The molecule has 1 atom stereocenters. The van der Waals surface area contributed by atoms with Gasteiger partial charge in [-0.15, -0.1) is 0 Å². The molecule has 0 spiro atoms. The third-order valence-electron chi connectivity index (χ3n) is 5.84. The van der Waals surface area contributed by atoms with E-state index in [0.29, 0.717) is 31.1 Å². The number of carbonyl (C=O) groups excluding carboxylic acids is 2. The Labute approximate surface area is 167 Å². The minimum Gasteiger partial charge on any atom is -0.358 e. The zero-order chi connectivity index (χ0) is 19.3. The van der Waals surface area contributed by atoms with Gasteiger partial charge in [0.15, 0.2) is 0 Å². The van der Waals surface area contributed by atoms with Crippen LogP contribution in [-0.2, 0) is 22.6 Å². The number of nitrogens with zero attached hydrogens (tertiary/aromatic N) is 2. The summed E-state index contributed by atoms with van der Waals surface area (Å²) in [5.74, 6) is -0.767. The van der Waals surface area contributed by atoms with Crippen LogP contribution in [0.15, 0.2) is 48.5 Å². The van der Waals surface area contributed by atoms with Crippen LogP contribution in [0, 0.1) is 5.92 Å². The lowest BCUT2D eigenvalue weighted by Crippen LogP contribution is -2.42. The van der Waals surface area contributed by atoms with E-state index in [-0.39, 0.29) is 11.8 Å². The average Bonchev–Trinajstić information content (AvgIpc) is 3.28. The number of nitrogens with one attached hydrogen (secondary N) is 1. The first kappa shape index (κ1) is 17.3. The van der Waals surface area contributed by atoms with Crippen LogP contribution in [0.5, 0.6) is 0 Å². The number of H-pyrrole nitrogens is 1. The molecule has 142 valence electrons. The molecular weight excluding hydrogens is 374 g/mol. The Hall–Kier alpha value is -2.79. The van der Waals surface area contributed by atoms with Gasteiger partial charge in [-0.2, -0.15) is 0 Å². The van der Waals surface area contributed by atoms with E-state index >= 15 is 0 Å². The van der Waals surface area contributed by atoms with Gasteiger partial charge in [0.25, 0.3) is 0 Å². The van der Waals surface area contributed by atoms with Crippen LogP contribution in [-0.4, -0.2) is 34.8 Å². The van der Waals surface area contributed by atoms with Crippen molar-refractivity contribution in [3.63, 3.8) is 0 Å². The maximum Gasteiger partial charge on any atom is 0.239 e. The molecule has 2 aliphatic heterocycles. The molecule has 1 fully saturated rings. The summed E-state index contributed by atoms with van der Waals surface area (Å²) < 4.78 is 0. The molecule has 1 aromatic heterocycles. The molecule has 3 heterocycles. The fourth-order valence-electron chi connectivity index (χ4n) is 4.36. The number of halogens is 1. The number of hydrogen-bond acceptors (Lipinski definition) is 2. The van der Waals surface area contributed by atoms with Gasteiger partial charge >= 0.3 is 0 Å². The highest BCUT2D eigenvalue weighted by Crippen LogP contribution is 2.31. The monoisotopic (exact) mass is 393 g/mol. The van der Waals surface area contributed by atoms with Crippen LogP contribution in [0.4, 0.5) is 5.69 Å². The Morgan fingerprint density at radius 2 is 1.86 bits per heavy atom. The van der Waals surface area contributed by atoms with E-state index in [1.165, 1.54) is 11.3 Å². The second-order valence-electron chi connectivity index (χ2n) is 7.45. The highest BCUT2D eigenvalue weighted by Gasteiger charge is 2.40. The molecular formula is C22H20ClN3O2. The van der Waals surface area contributed by atoms with Crippen molar-refractivity contribution in [2.75, 3.05) is 18.0 Å². The minimum atomic E-state index is -0.595. The number of hydrogen-bond donors (Lipinski definition) is 1. The topological polar surface area (TPSA) is 56.4 Å². The van der Waals surface area contributed by atoms with E-state index in [9.17, 15) is 9.59 Å². The van der Waals surface area contributed by atoms with Crippen molar-refractivity contribution >= 4 is 40.0 Å². The number of rotatable bonds is 2. The van der Waals surface area contributed by atoms with Crippen LogP contribution < -0.4 is 4.90 Å². The van der Waals surface area contributed by atoms with Gasteiger partial charge in [-0.05, 0) is 36.8 Å². The molecule has 0 aliphatic carbocycles. The lowest BCUT2D eigenvalue weighted by Gasteiger charge is -2.29. The highest BCUT2D eigenvalue weighted by molar-refractivity contribution is 6.30. The SMILES string of the molecule is O=C(C1CCN(c2ccc(Cl)cc2)C1=O)N1CCc2[nH]c3ccccc3c2C1. The Kier molecular flexibility index (Phi) is 4.13. The Morgan fingerprint density at radius 1 is 1.07 bits per heavy atom. The Bertz CT molecular complexity index is 1070. The summed E-state index contributed by atoms with van der Waals surface area (Å²) in [6.07, 6.45) is 1.34. The van der Waals surface area contributed by atoms with Crippen molar-refractivity contribution in [1.29, 1.82) is 0 Å². The van der Waals surface area contributed by atoms with Crippen LogP contribution >= 0.6 is 11.6 Å². The summed E-state index contributed by atoms with van der Waals surface area (Å²) in [5, 5.41) is 1.79. The quantitative estimate of drug-likeness (QED) is 0.674. The molecule has 2 aliphatic rings. The predicted octanol–water partition coefficient (Wildman–Crippen LogP) is 3.76. The van der Waals surface area contributed by atoms with Crippen molar-refractivity contribution in [2.45, 2.75) is 19.4 Å². The van der Waals surface area contributed by atoms with Gasteiger partial charge in [-0.1, -0.05) is 29.8 Å². The van der Waals surface area contributed by atoms with E-state index < -0.39 is 5.92 Å². The molecule has 2 amide bonds. The van der Waals surface area contributed by atoms with Crippen LogP contribution in [0.3, 0.4) is 0 Å². The molecule has 6 heteroatoms. The van der Waals surface area contributed by atoms with E-state index in [0.717, 1.165) is 23.0 Å². The lowest BCUT2D eigenvalue weighted by molar-refractivity contribution is -0.140. The van der Waals surface area contributed by atoms with E-state index in [1.807, 2.05) is 29.2 Å². The maximum atomic E-state index is 13.2. The van der Waals surface area contributed by atoms with Crippen molar-refractivity contribution in [3.05, 3.63) is 64.8 Å². The summed E-state index contributed by atoms with van der Waals surface area (Å²) in [4.78, 5) is 33.1. The van der Waals surface area contributed by atoms with Crippen molar-refractivity contribution in [1.82, 2.24) is 9.88 Å². The molecule has 1 saturated heterocycles. The van der Waals surface area contributed by atoms with E-state index in [4.69, 9.17) is 11.6 Å². The number of amides is 2. The summed E-state index contributed by atoms with van der Waals surface area (Å²) in [6, 6.07) is 15.4. The number of benzene rings is 2. The second-order valence-corrected chi connectivity index (χ2v) is 7.88. The van der Waals surface area contributed by atoms with Gasteiger partial charge in [-0.25, -0.2) is 0 Å². The van der Waals surface area contributed by atoms with Gasteiger partial charge in [-0.3, -0.25) is 9.59 Å². The standard InChI is InChI=1S/C22H20ClN3O2/c23-14-5-7-15(8-6-14)26-12-9-17(22(26)28)21(27)25-11-10-20-18(13-25)16-3-1-2-4-19(16)24-20/h1-8,17,24H,9-13H2. The average molecular weight is 394 g/mol. The smallest absolute Gasteiger partial charge is 0.239 e. The van der Waals surface area contributed by atoms with E-state index in [1.54, 1.807) is 17.0 Å². The molecule has 0 radical (unpaired) electrons. The van der Waals surface area contributed by atoms with Crippen molar-refractivity contribution in [3.8, 4) is 0 Å². The zero-order valence-electron chi connectivity index (χ0n) is 15.3. The molecule has 1 unspecified atom stereocenters. The summed E-state index contributed by atoms with van der Waals surface area (Å²) in [7, 11) is 0. The normalized spacial score (nSPS) is 19.3.